The molecule has 0 aliphatic carbocycles. The Hall–Kier alpha value is -1.50. The van der Waals surface area contributed by atoms with Gasteiger partial charge in [0.25, 0.3) is 0 Å². The quantitative estimate of drug-likeness (QED) is 0.585. The summed E-state index contributed by atoms with van der Waals surface area (Å²) < 4.78 is 5.52. The van der Waals surface area contributed by atoms with Crippen molar-refractivity contribution in [1.82, 2.24) is 4.90 Å². The molecular weight excluding hydrogens is 250 g/mol. The lowest BCUT2D eigenvalue weighted by Crippen LogP contribution is -2.36. The number of nitrogens with zero attached hydrogens (tertiary/aromatic N) is 1. The Kier molecular flexibility index (Phi) is 7.14. The summed E-state index contributed by atoms with van der Waals surface area (Å²) in [5.41, 5.74) is 1.21. The summed E-state index contributed by atoms with van der Waals surface area (Å²) in [5, 5.41) is 9.54. The second-order valence-corrected chi connectivity index (χ2v) is 5.32. The van der Waals surface area contributed by atoms with Crippen molar-refractivity contribution in [2.24, 2.45) is 0 Å². The molecular formula is C17H25NO2. The van der Waals surface area contributed by atoms with E-state index in [1.807, 2.05) is 19.1 Å². The maximum Gasteiger partial charge on any atom is 0.119 e. The predicted octanol–water partition coefficient (Wildman–Crippen LogP) is 2.68. The summed E-state index contributed by atoms with van der Waals surface area (Å²) in [4.78, 5) is 2.25. The average molecular weight is 275 g/mol. The number of rotatable bonds is 8. The lowest BCUT2D eigenvalue weighted by atomic mass is 10.1. The van der Waals surface area contributed by atoms with Crippen molar-refractivity contribution in [1.29, 1.82) is 0 Å². The predicted molar refractivity (Wildman–Crippen MR) is 82.6 cm³/mol. The molecule has 0 aliphatic rings. The topological polar surface area (TPSA) is 32.7 Å². The Labute approximate surface area is 122 Å². The van der Waals surface area contributed by atoms with Crippen molar-refractivity contribution in [2.45, 2.75) is 45.9 Å². The van der Waals surface area contributed by atoms with Gasteiger partial charge >= 0.3 is 0 Å². The summed E-state index contributed by atoms with van der Waals surface area (Å²) in [6.45, 7) is 8.15. The third-order valence-corrected chi connectivity index (χ3v) is 3.05. The SMILES string of the molecule is C#CCCOc1ccc(CN(CC(C)O)C(C)C)cc1. The summed E-state index contributed by atoms with van der Waals surface area (Å²) in [6.07, 6.45) is 5.49. The van der Waals surface area contributed by atoms with Crippen LogP contribution in [0.1, 0.15) is 32.8 Å². The number of aliphatic hydroxyl groups excluding tert-OH is 1. The second kappa shape index (κ2) is 8.63. The maximum atomic E-state index is 9.54. The first-order chi connectivity index (χ1) is 9.52. The lowest BCUT2D eigenvalue weighted by molar-refractivity contribution is 0.103. The number of hydrogen-bond acceptors (Lipinski definition) is 3. The molecule has 3 heteroatoms. The smallest absolute Gasteiger partial charge is 0.119 e. The molecule has 1 aromatic rings. The molecule has 1 atom stereocenters. The van der Waals surface area contributed by atoms with Crippen LogP contribution in [-0.4, -0.2) is 35.3 Å². The fourth-order valence-corrected chi connectivity index (χ4v) is 1.95. The number of aliphatic hydroxyl groups is 1. The highest BCUT2D eigenvalue weighted by Crippen LogP contribution is 2.15. The largest absolute Gasteiger partial charge is 0.493 e. The van der Waals surface area contributed by atoms with Gasteiger partial charge < -0.3 is 9.84 Å². The normalized spacial score (nSPS) is 12.4. The molecule has 1 aromatic carbocycles. The molecule has 0 heterocycles. The van der Waals surface area contributed by atoms with E-state index in [0.29, 0.717) is 25.6 Å². The van der Waals surface area contributed by atoms with Crippen molar-refractivity contribution in [3.05, 3.63) is 29.8 Å². The zero-order valence-corrected chi connectivity index (χ0v) is 12.7. The molecule has 0 amide bonds. The van der Waals surface area contributed by atoms with Gasteiger partial charge in [0.15, 0.2) is 0 Å². The van der Waals surface area contributed by atoms with Crippen LogP contribution in [-0.2, 0) is 6.54 Å². The van der Waals surface area contributed by atoms with Gasteiger partial charge in [0.2, 0.25) is 0 Å². The first-order valence-corrected chi connectivity index (χ1v) is 7.10. The zero-order chi connectivity index (χ0) is 15.0. The second-order valence-electron chi connectivity index (χ2n) is 5.32. The van der Waals surface area contributed by atoms with Crippen LogP contribution in [0.25, 0.3) is 0 Å². The monoisotopic (exact) mass is 275 g/mol. The summed E-state index contributed by atoms with van der Waals surface area (Å²) >= 11 is 0. The van der Waals surface area contributed by atoms with Crippen LogP contribution < -0.4 is 4.74 Å². The molecule has 3 nitrogen and oxygen atoms in total. The molecule has 0 aromatic heterocycles. The van der Waals surface area contributed by atoms with Crippen molar-refractivity contribution in [3.63, 3.8) is 0 Å². The third kappa shape index (κ3) is 6.10. The van der Waals surface area contributed by atoms with E-state index >= 15 is 0 Å². The Morgan fingerprint density at radius 3 is 2.40 bits per heavy atom. The molecule has 0 saturated carbocycles. The summed E-state index contributed by atoms with van der Waals surface area (Å²) in [7, 11) is 0. The van der Waals surface area contributed by atoms with Gasteiger partial charge in [0.05, 0.1) is 12.7 Å². The van der Waals surface area contributed by atoms with Gasteiger partial charge in [0, 0.05) is 25.6 Å². The van der Waals surface area contributed by atoms with Gasteiger partial charge in [0.1, 0.15) is 5.75 Å². The number of ether oxygens (including phenoxy) is 1. The lowest BCUT2D eigenvalue weighted by Gasteiger charge is -2.27. The van der Waals surface area contributed by atoms with Crippen LogP contribution in [0.3, 0.4) is 0 Å². The molecule has 110 valence electrons. The highest BCUT2D eigenvalue weighted by Gasteiger charge is 2.12. The molecule has 0 radical (unpaired) electrons. The van der Waals surface area contributed by atoms with Crippen LogP contribution in [0.4, 0.5) is 0 Å². The van der Waals surface area contributed by atoms with Crippen LogP contribution in [0.2, 0.25) is 0 Å². The average Bonchev–Trinajstić information content (AvgIpc) is 2.39. The highest BCUT2D eigenvalue weighted by molar-refractivity contribution is 5.27. The standard InChI is InChI=1S/C17H25NO2/c1-5-6-11-20-17-9-7-16(8-10-17)13-18(14(2)3)12-15(4)19/h1,7-10,14-15,19H,6,11-13H2,2-4H3. The number of terminal acetylenes is 1. The molecule has 0 spiro atoms. The van der Waals surface area contributed by atoms with Crippen molar-refractivity contribution < 1.29 is 9.84 Å². The Morgan fingerprint density at radius 1 is 1.25 bits per heavy atom. The van der Waals surface area contributed by atoms with E-state index in [4.69, 9.17) is 11.2 Å². The summed E-state index contributed by atoms with van der Waals surface area (Å²) in [5.74, 6) is 3.39. The molecule has 1 N–H and O–H groups in total. The number of hydrogen-bond donors (Lipinski definition) is 1. The van der Waals surface area contributed by atoms with E-state index in [0.717, 1.165) is 12.3 Å². The van der Waals surface area contributed by atoms with Gasteiger partial charge in [-0.1, -0.05) is 12.1 Å². The van der Waals surface area contributed by atoms with E-state index in [-0.39, 0.29) is 6.10 Å². The van der Waals surface area contributed by atoms with Gasteiger partial charge in [-0.2, -0.15) is 0 Å². The van der Waals surface area contributed by atoms with Gasteiger partial charge in [-0.3, -0.25) is 4.90 Å². The van der Waals surface area contributed by atoms with Gasteiger partial charge in [-0.05, 0) is 38.5 Å². The highest BCUT2D eigenvalue weighted by atomic mass is 16.5. The first kappa shape index (κ1) is 16.6. The minimum absolute atomic E-state index is 0.316. The first-order valence-electron chi connectivity index (χ1n) is 7.10. The van der Waals surface area contributed by atoms with Crippen LogP contribution >= 0.6 is 0 Å². The maximum absolute atomic E-state index is 9.54. The fourth-order valence-electron chi connectivity index (χ4n) is 1.95. The van der Waals surface area contributed by atoms with Crippen molar-refractivity contribution >= 4 is 0 Å². The number of benzene rings is 1. The van der Waals surface area contributed by atoms with Crippen molar-refractivity contribution in [3.8, 4) is 18.1 Å². The Morgan fingerprint density at radius 2 is 1.90 bits per heavy atom. The molecule has 0 bridgehead atoms. The molecule has 0 fully saturated rings. The van der Waals surface area contributed by atoms with E-state index in [1.54, 1.807) is 0 Å². The van der Waals surface area contributed by atoms with E-state index < -0.39 is 0 Å². The molecule has 1 unspecified atom stereocenters. The van der Waals surface area contributed by atoms with Gasteiger partial charge in [-0.25, -0.2) is 0 Å². The van der Waals surface area contributed by atoms with Crippen LogP contribution in [0.5, 0.6) is 5.75 Å². The van der Waals surface area contributed by atoms with Crippen LogP contribution in [0.15, 0.2) is 24.3 Å². The molecule has 20 heavy (non-hydrogen) atoms. The Balaban J connectivity index is 2.56. The third-order valence-electron chi connectivity index (χ3n) is 3.05. The Bertz CT molecular complexity index is 418. The zero-order valence-electron chi connectivity index (χ0n) is 12.7. The van der Waals surface area contributed by atoms with E-state index in [9.17, 15) is 5.11 Å². The van der Waals surface area contributed by atoms with Crippen molar-refractivity contribution in [2.75, 3.05) is 13.2 Å². The van der Waals surface area contributed by atoms with Gasteiger partial charge in [-0.15, -0.1) is 12.3 Å². The molecule has 0 saturated heterocycles. The van der Waals surface area contributed by atoms with E-state index in [2.05, 4.69) is 36.8 Å². The summed E-state index contributed by atoms with van der Waals surface area (Å²) in [6, 6.07) is 8.45. The minimum atomic E-state index is -0.316. The van der Waals surface area contributed by atoms with Crippen LogP contribution in [0, 0.1) is 12.3 Å². The molecule has 1 rings (SSSR count). The fraction of sp³-hybridized carbons (Fsp3) is 0.529. The van der Waals surface area contributed by atoms with E-state index in [1.165, 1.54) is 5.56 Å². The molecule has 0 aliphatic heterocycles. The minimum Gasteiger partial charge on any atom is -0.493 e.